The molecule has 0 saturated heterocycles. The molecule has 2 N–H and O–H groups in total. The zero-order valence-corrected chi connectivity index (χ0v) is 20.3. The van der Waals surface area contributed by atoms with Crippen LogP contribution in [0.1, 0.15) is 32.3 Å². The number of nitrogens with one attached hydrogen (secondary N) is 2. The second-order valence-electron chi connectivity index (χ2n) is 6.27. The van der Waals surface area contributed by atoms with E-state index in [-0.39, 0.29) is 24.0 Å². The molecule has 8 heteroatoms. The highest BCUT2D eigenvalue weighted by molar-refractivity contribution is 14.0. The zero-order chi connectivity index (χ0) is 20.7. The van der Waals surface area contributed by atoms with E-state index < -0.39 is 0 Å². The monoisotopic (exact) mass is 528 g/mol. The van der Waals surface area contributed by atoms with E-state index in [0.717, 1.165) is 44.1 Å². The zero-order valence-electron chi connectivity index (χ0n) is 18.0. The fourth-order valence-corrected chi connectivity index (χ4v) is 2.55. The second-order valence-corrected chi connectivity index (χ2v) is 6.27. The quantitative estimate of drug-likeness (QED) is 0.185. The van der Waals surface area contributed by atoms with Crippen LogP contribution in [0.25, 0.3) is 0 Å². The van der Waals surface area contributed by atoms with Crippen LogP contribution in [0.4, 0.5) is 0 Å². The third kappa shape index (κ3) is 9.17. The van der Waals surface area contributed by atoms with E-state index in [9.17, 15) is 0 Å². The molecule has 0 saturated carbocycles. The fourth-order valence-electron chi connectivity index (χ4n) is 2.55. The summed E-state index contributed by atoms with van der Waals surface area (Å²) >= 11 is 0. The van der Waals surface area contributed by atoms with Crippen LogP contribution in [0.3, 0.4) is 0 Å². The van der Waals surface area contributed by atoms with Crippen molar-refractivity contribution in [2.24, 2.45) is 4.99 Å². The molecule has 166 valence electrons. The molecule has 0 fully saturated rings. The molecule has 2 rings (SSSR count). The summed E-state index contributed by atoms with van der Waals surface area (Å²) in [5.41, 5.74) is 0.926. The van der Waals surface area contributed by atoms with Gasteiger partial charge < -0.3 is 24.8 Å². The lowest BCUT2D eigenvalue weighted by Gasteiger charge is -2.15. The minimum absolute atomic E-state index is 0. The van der Waals surface area contributed by atoms with Gasteiger partial charge in [-0.25, -0.2) is 4.98 Å². The van der Waals surface area contributed by atoms with Crippen molar-refractivity contribution < 1.29 is 14.2 Å². The smallest absolute Gasteiger partial charge is 0.224 e. The largest absolute Gasteiger partial charge is 0.490 e. The molecule has 0 atom stereocenters. The molecule has 0 unspecified atom stereocenters. The molecule has 0 amide bonds. The highest BCUT2D eigenvalue weighted by atomic mass is 127. The second kappa shape index (κ2) is 15.7. The molecule has 0 spiro atoms. The van der Waals surface area contributed by atoms with Gasteiger partial charge in [-0.2, -0.15) is 0 Å². The molecule has 7 nitrogen and oxygen atoms in total. The predicted molar refractivity (Wildman–Crippen MR) is 131 cm³/mol. The minimum Gasteiger partial charge on any atom is -0.490 e. The molecular weight excluding hydrogens is 495 g/mol. The Kier molecular flexibility index (Phi) is 13.6. The number of benzene rings is 1. The third-order valence-corrected chi connectivity index (χ3v) is 4.00. The number of para-hydroxylation sites is 2. The summed E-state index contributed by atoms with van der Waals surface area (Å²) in [5, 5.41) is 6.58. The van der Waals surface area contributed by atoms with Crippen molar-refractivity contribution in [2.45, 2.75) is 33.2 Å². The maximum absolute atomic E-state index is 6.08. The summed E-state index contributed by atoms with van der Waals surface area (Å²) in [4.78, 5) is 8.66. The highest BCUT2D eigenvalue weighted by Crippen LogP contribution is 2.31. The lowest BCUT2D eigenvalue weighted by Crippen LogP contribution is -2.37. The summed E-state index contributed by atoms with van der Waals surface area (Å²) in [6.45, 7) is 7.51. The van der Waals surface area contributed by atoms with Gasteiger partial charge in [-0.3, -0.25) is 4.99 Å². The van der Waals surface area contributed by atoms with Crippen molar-refractivity contribution in [3.8, 4) is 17.4 Å². The van der Waals surface area contributed by atoms with E-state index in [0.29, 0.717) is 30.5 Å². The predicted octanol–water partition coefficient (Wildman–Crippen LogP) is 4.37. The molecule has 1 aromatic heterocycles. The molecule has 0 aliphatic carbocycles. The highest BCUT2D eigenvalue weighted by Gasteiger charge is 2.11. The Morgan fingerprint density at radius 2 is 1.83 bits per heavy atom. The van der Waals surface area contributed by atoms with Crippen LogP contribution in [0.15, 0.2) is 47.6 Å². The van der Waals surface area contributed by atoms with Crippen LogP contribution in [-0.2, 0) is 11.3 Å². The molecule has 30 heavy (non-hydrogen) atoms. The number of rotatable bonds is 12. The van der Waals surface area contributed by atoms with E-state index >= 15 is 0 Å². The van der Waals surface area contributed by atoms with E-state index in [1.165, 1.54) is 0 Å². The lowest BCUT2D eigenvalue weighted by atomic mass is 10.2. The number of guanidine groups is 1. The molecule has 2 aromatic rings. The summed E-state index contributed by atoms with van der Waals surface area (Å²) < 4.78 is 17.2. The maximum atomic E-state index is 6.08. The average molecular weight is 528 g/mol. The lowest BCUT2D eigenvalue weighted by molar-refractivity contribution is 0.145. The van der Waals surface area contributed by atoms with Gasteiger partial charge in [0.25, 0.3) is 0 Å². The summed E-state index contributed by atoms with van der Waals surface area (Å²) in [6.07, 6.45) is 3.57. The topological polar surface area (TPSA) is 77.0 Å². The number of aliphatic imine (C=N–C) groups is 1. The van der Waals surface area contributed by atoms with Crippen molar-refractivity contribution in [2.75, 3.05) is 33.4 Å². The Morgan fingerprint density at radius 1 is 1.03 bits per heavy atom. The Labute approximate surface area is 196 Å². The van der Waals surface area contributed by atoms with E-state index in [2.05, 4.69) is 27.5 Å². The molecule has 1 aromatic carbocycles. The Bertz CT molecular complexity index is 759. The van der Waals surface area contributed by atoms with Crippen molar-refractivity contribution in [3.05, 3.63) is 48.2 Å². The van der Waals surface area contributed by atoms with Crippen molar-refractivity contribution in [1.29, 1.82) is 0 Å². The minimum atomic E-state index is 0. The van der Waals surface area contributed by atoms with Crippen LogP contribution in [0.2, 0.25) is 0 Å². The number of hydrogen-bond acceptors (Lipinski definition) is 5. The number of hydrogen-bond donors (Lipinski definition) is 2. The number of nitrogens with zero attached hydrogens (tertiary/aromatic N) is 2. The third-order valence-electron chi connectivity index (χ3n) is 4.00. The van der Waals surface area contributed by atoms with Crippen molar-refractivity contribution >= 4 is 29.9 Å². The van der Waals surface area contributed by atoms with Gasteiger partial charge >= 0.3 is 0 Å². The van der Waals surface area contributed by atoms with Crippen LogP contribution < -0.4 is 20.1 Å². The standard InChI is InChI=1S/C22H32N4O3.HI/c1-4-15-28-19-11-6-7-12-20(19)29-21-18(10-8-13-24-21)17-26-22(23-3)25-14-9-16-27-5-2;/h6-8,10-13H,4-5,9,14-17H2,1-3H3,(H2,23,25,26);1H. The number of halogens is 1. The van der Waals surface area contributed by atoms with E-state index in [1.54, 1.807) is 13.2 Å². The molecule has 0 aliphatic heterocycles. The number of pyridine rings is 1. The normalized spacial score (nSPS) is 10.8. The van der Waals surface area contributed by atoms with Gasteiger partial charge in [-0.1, -0.05) is 25.1 Å². The van der Waals surface area contributed by atoms with E-state index in [1.807, 2.05) is 43.3 Å². The van der Waals surface area contributed by atoms with E-state index in [4.69, 9.17) is 14.2 Å². The average Bonchev–Trinajstić information content (AvgIpc) is 2.76. The Morgan fingerprint density at radius 3 is 2.57 bits per heavy atom. The molecule has 0 radical (unpaired) electrons. The molecule has 0 aliphatic rings. The van der Waals surface area contributed by atoms with Gasteiger partial charge in [-0.15, -0.1) is 24.0 Å². The Balaban J connectivity index is 0.00000450. The first kappa shape index (κ1) is 26.0. The van der Waals surface area contributed by atoms with Gasteiger partial charge in [0.2, 0.25) is 5.88 Å². The summed E-state index contributed by atoms with van der Waals surface area (Å²) in [5.74, 6) is 2.63. The molecule has 0 bridgehead atoms. The first-order valence-corrected chi connectivity index (χ1v) is 10.1. The van der Waals surface area contributed by atoms with Crippen LogP contribution >= 0.6 is 24.0 Å². The van der Waals surface area contributed by atoms with Crippen molar-refractivity contribution in [3.63, 3.8) is 0 Å². The summed E-state index contributed by atoms with van der Waals surface area (Å²) in [6, 6.07) is 11.5. The van der Waals surface area contributed by atoms with Gasteiger partial charge in [0.05, 0.1) is 6.61 Å². The van der Waals surface area contributed by atoms with Gasteiger partial charge in [0, 0.05) is 45.1 Å². The molecule has 1 heterocycles. The SMILES string of the molecule is CCCOc1ccccc1Oc1ncccc1CNC(=NC)NCCCOCC.I. The van der Waals surface area contributed by atoms with Gasteiger partial charge in [0.15, 0.2) is 17.5 Å². The van der Waals surface area contributed by atoms with Gasteiger partial charge in [-0.05, 0) is 38.0 Å². The van der Waals surface area contributed by atoms with Crippen LogP contribution in [0.5, 0.6) is 17.4 Å². The first-order valence-electron chi connectivity index (χ1n) is 10.1. The maximum Gasteiger partial charge on any atom is 0.224 e. The summed E-state index contributed by atoms with van der Waals surface area (Å²) in [7, 11) is 1.75. The van der Waals surface area contributed by atoms with Crippen LogP contribution in [-0.4, -0.2) is 44.4 Å². The molecular formula is C22H33IN4O3. The van der Waals surface area contributed by atoms with Crippen LogP contribution in [0, 0.1) is 0 Å². The fraction of sp³-hybridized carbons (Fsp3) is 0.455. The van der Waals surface area contributed by atoms with Crippen molar-refractivity contribution in [1.82, 2.24) is 15.6 Å². The number of aromatic nitrogens is 1. The first-order chi connectivity index (χ1) is 14.3. The number of ether oxygens (including phenoxy) is 3. The van der Waals surface area contributed by atoms with Gasteiger partial charge in [0.1, 0.15) is 0 Å². The Hall–Kier alpha value is -2.07.